The summed E-state index contributed by atoms with van der Waals surface area (Å²) in [4.78, 5) is 14.1. The number of rotatable bonds is 7. The summed E-state index contributed by atoms with van der Waals surface area (Å²) in [7, 11) is 1.24. The van der Waals surface area contributed by atoms with Crippen LogP contribution in [-0.4, -0.2) is 80.7 Å². The first kappa shape index (κ1) is 24.2. The van der Waals surface area contributed by atoms with Gasteiger partial charge in [0.15, 0.2) is 17.1 Å². The van der Waals surface area contributed by atoms with E-state index in [1.807, 2.05) is 4.90 Å². The molecule has 1 atom stereocenters. The zero-order valence-corrected chi connectivity index (χ0v) is 18.1. The fourth-order valence-electron chi connectivity index (χ4n) is 3.88. The lowest BCUT2D eigenvalue weighted by Gasteiger charge is -2.29. The number of nitrogens with zero attached hydrogens (tertiary/aromatic N) is 3. The van der Waals surface area contributed by atoms with Gasteiger partial charge in [0, 0.05) is 31.7 Å². The van der Waals surface area contributed by atoms with Crippen molar-refractivity contribution in [2.24, 2.45) is 5.10 Å². The van der Waals surface area contributed by atoms with Crippen LogP contribution in [-0.2, 0) is 20.4 Å². The normalized spacial score (nSPS) is 22.5. The fraction of sp³-hybridized carbons (Fsp3) is 0.619. The number of morpholine rings is 1. The van der Waals surface area contributed by atoms with Gasteiger partial charge in [-0.05, 0) is 31.9 Å². The molecule has 0 unspecified atom stereocenters. The van der Waals surface area contributed by atoms with Gasteiger partial charge in [0.25, 0.3) is 0 Å². The molecule has 2 aliphatic rings. The Kier molecular flexibility index (Phi) is 7.60. The average molecular weight is 461 g/mol. The maximum Gasteiger partial charge on any atom is 0.420 e. The number of alkyl halides is 3. The maximum absolute atomic E-state index is 14.8. The van der Waals surface area contributed by atoms with Gasteiger partial charge in [-0.1, -0.05) is 0 Å². The summed E-state index contributed by atoms with van der Waals surface area (Å²) in [5.41, 5.74) is -2.98. The molecule has 0 bridgehead atoms. The quantitative estimate of drug-likeness (QED) is 0.354. The van der Waals surface area contributed by atoms with Crippen LogP contribution in [0.2, 0.25) is 0 Å². The smallest absolute Gasteiger partial charge is 0.420 e. The van der Waals surface area contributed by atoms with Crippen LogP contribution < -0.4 is 4.74 Å². The van der Waals surface area contributed by atoms with Crippen molar-refractivity contribution in [3.05, 3.63) is 29.1 Å². The first-order valence-electron chi connectivity index (χ1n) is 10.4. The van der Waals surface area contributed by atoms with E-state index >= 15 is 0 Å². The maximum atomic E-state index is 14.8. The van der Waals surface area contributed by atoms with Crippen LogP contribution >= 0.6 is 0 Å². The molecule has 32 heavy (non-hydrogen) atoms. The molecular weight excluding hydrogens is 434 g/mol. The van der Waals surface area contributed by atoms with Crippen molar-refractivity contribution >= 4 is 12.2 Å². The summed E-state index contributed by atoms with van der Waals surface area (Å²) in [6.45, 7) is 5.02. The Bertz CT molecular complexity index is 843. The second-order valence-corrected chi connectivity index (χ2v) is 7.88. The van der Waals surface area contributed by atoms with Crippen LogP contribution in [0.25, 0.3) is 0 Å². The SMILES string of the molecule is COC(=O)[C@@]1(C)CCCN1/N=C/c1ccc(OCCN2CCOCC2)c(F)c1C(F)(F)F. The Morgan fingerprint density at radius 2 is 2.00 bits per heavy atom. The van der Waals surface area contributed by atoms with E-state index in [0.29, 0.717) is 52.2 Å². The Balaban J connectivity index is 1.78. The Morgan fingerprint density at radius 1 is 1.28 bits per heavy atom. The monoisotopic (exact) mass is 461 g/mol. The van der Waals surface area contributed by atoms with E-state index in [0.717, 1.165) is 18.3 Å². The minimum absolute atomic E-state index is 0.0485. The van der Waals surface area contributed by atoms with Gasteiger partial charge in [0.2, 0.25) is 0 Å². The molecule has 0 N–H and O–H groups in total. The Labute approximate surface area is 183 Å². The van der Waals surface area contributed by atoms with E-state index in [-0.39, 0.29) is 6.61 Å². The first-order chi connectivity index (χ1) is 15.2. The van der Waals surface area contributed by atoms with Crippen LogP contribution in [0.4, 0.5) is 17.6 Å². The second kappa shape index (κ2) is 10.0. The Hall–Kier alpha value is -2.40. The molecule has 2 heterocycles. The van der Waals surface area contributed by atoms with Crippen molar-refractivity contribution in [1.29, 1.82) is 0 Å². The molecule has 0 amide bonds. The van der Waals surface area contributed by atoms with Crippen LogP contribution in [0, 0.1) is 5.82 Å². The van der Waals surface area contributed by atoms with Crippen molar-refractivity contribution in [3.63, 3.8) is 0 Å². The van der Waals surface area contributed by atoms with Gasteiger partial charge in [0.05, 0.1) is 26.5 Å². The minimum Gasteiger partial charge on any atom is -0.489 e. The number of esters is 1. The molecule has 2 fully saturated rings. The second-order valence-electron chi connectivity index (χ2n) is 7.88. The molecule has 7 nitrogen and oxygen atoms in total. The lowest BCUT2D eigenvalue weighted by atomic mass is 10.0. The standard InChI is InChI=1S/C21H27F4N3O4/c1-20(19(29)30-2)6-3-7-28(20)26-14-15-4-5-16(18(22)17(15)21(23,24)25)32-13-10-27-8-11-31-12-9-27/h4-5,14H,3,6-13H2,1-2H3/b26-14+/t20-/m1/s1. The highest BCUT2D eigenvalue weighted by Crippen LogP contribution is 2.37. The molecule has 2 aliphatic heterocycles. The van der Waals surface area contributed by atoms with E-state index in [9.17, 15) is 22.4 Å². The van der Waals surface area contributed by atoms with E-state index in [2.05, 4.69) is 5.10 Å². The lowest BCUT2D eigenvalue weighted by molar-refractivity contribution is -0.152. The highest BCUT2D eigenvalue weighted by Gasteiger charge is 2.44. The molecule has 0 saturated carbocycles. The molecule has 1 aromatic rings. The van der Waals surface area contributed by atoms with Gasteiger partial charge in [0.1, 0.15) is 12.2 Å². The molecule has 0 spiro atoms. The number of carbonyl (C=O) groups excluding carboxylic acids is 1. The van der Waals surface area contributed by atoms with Crippen molar-refractivity contribution in [2.45, 2.75) is 31.5 Å². The van der Waals surface area contributed by atoms with Gasteiger partial charge in [-0.15, -0.1) is 0 Å². The minimum atomic E-state index is -4.95. The topological polar surface area (TPSA) is 63.6 Å². The predicted molar refractivity (Wildman–Crippen MR) is 108 cm³/mol. The largest absolute Gasteiger partial charge is 0.489 e. The predicted octanol–water partition coefficient (Wildman–Crippen LogP) is 2.92. The molecular formula is C21H27F4N3O4. The number of hydrogen-bond acceptors (Lipinski definition) is 7. The number of carbonyl (C=O) groups is 1. The van der Waals surface area contributed by atoms with Gasteiger partial charge in [-0.2, -0.15) is 18.3 Å². The molecule has 1 aromatic carbocycles. The van der Waals surface area contributed by atoms with Gasteiger partial charge >= 0.3 is 12.1 Å². The molecule has 2 saturated heterocycles. The summed E-state index contributed by atoms with van der Waals surface area (Å²) in [6.07, 6.45) is -2.95. The summed E-state index contributed by atoms with van der Waals surface area (Å²) in [5.74, 6) is -2.48. The Morgan fingerprint density at radius 3 is 2.66 bits per heavy atom. The third-order valence-electron chi connectivity index (χ3n) is 5.76. The summed E-state index contributed by atoms with van der Waals surface area (Å²) >= 11 is 0. The zero-order valence-electron chi connectivity index (χ0n) is 18.1. The van der Waals surface area contributed by atoms with E-state index in [4.69, 9.17) is 14.2 Å². The molecule has 11 heteroatoms. The molecule has 178 valence electrons. The van der Waals surface area contributed by atoms with Crippen LogP contribution in [0.15, 0.2) is 17.2 Å². The third kappa shape index (κ3) is 5.32. The summed E-state index contributed by atoms with van der Waals surface area (Å²) in [6, 6.07) is 2.28. The molecule has 0 aromatic heterocycles. The lowest BCUT2D eigenvalue weighted by Crippen LogP contribution is -2.46. The van der Waals surface area contributed by atoms with Gasteiger partial charge < -0.3 is 14.2 Å². The average Bonchev–Trinajstić information content (AvgIpc) is 3.14. The first-order valence-corrected chi connectivity index (χ1v) is 10.4. The number of hydrazone groups is 1. The number of methoxy groups -OCH3 is 1. The number of ether oxygens (including phenoxy) is 3. The van der Waals surface area contributed by atoms with Crippen LogP contribution in [0.1, 0.15) is 30.9 Å². The summed E-state index contributed by atoms with van der Waals surface area (Å²) in [5, 5.41) is 5.44. The third-order valence-corrected chi connectivity index (χ3v) is 5.76. The summed E-state index contributed by atoms with van der Waals surface area (Å²) < 4.78 is 71.2. The van der Waals surface area contributed by atoms with E-state index < -0.39 is 40.4 Å². The van der Waals surface area contributed by atoms with Crippen LogP contribution in [0.3, 0.4) is 0 Å². The van der Waals surface area contributed by atoms with Crippen molar-refractivity contribution in [2.75, 3.05) is 53.1 Å². The molecule has 3 rings (SSSR count). The molecule has 0 aliphatic carbocycles. The fourth-order valence-corrected chi connectivity index (χ4v) is 3.88. The number of hydrogen-bond donors (Lipinski definition) is 0. The van der Waals surface area contributed by atoms with Crippen molar-refractivity contribution in [3.8, 4) is 5.75 Å². The van der Waals surface area contributed by atoms with E-state index in [1.54, 1.807) is 6.92 Å². The van der Waals surface area contributed by atoms with Crippen molar-refractivity contribution in [1.82, 2.24) is 9.91 Å². The van der Waals surface area contributed by atoms with Gasteiger partial charge in [-0.3, -0.25) is 9.91 Å². The van der Waals surface area contributed by atoms with Gasteiger partial charge in [-0.25, -0.2) is 9.18 Å². The highest BCUT2D eigenvalue weighted by molar-refractivity contribution is 5.84. The number of benzene rings is 1. The van der Waals surface area contributed by atoms with Crippen molar-refractivity contribution < 1.29 is 36.6 Å². The highest BCUT2D eigenvalue weighted by atomic mass is 19.4. The zero-order chi connectivity index (χ0) is 23.4. The van der Waals surface area contributed by atoms with Crippen LogP contribution in [0.5, 0.6) is 5.75 Å². The van der Waals surface area contributed by atoms with E-state index in [1.165, 1.54) is 12.1 Å². The molecule has 0 radical (unpaired) electrons. The number of halogens is 4.